The Kier molecular flexibility index (Phi) is 5.44. The molecule has 0 aliphatic carbocycles. The first-order valence-electron chi connectivity index (χ1n) is 10.3. The second-order valence-electron chi connectivity index (χ2n) is 7.61. The van der Waals surface area contributed by atoms with Crippen LogP contribution in [0.25, 0.3) is 33.2 Å². The van der Waals surface area contributed by atoms with Gasteiger partial charge in [-0.3, -0.25) is 0 Å². The number of rotatable bonds is 4. The van der Waals surface area contributed by atoms with Crippen molar-refractivity contribution >= 4 is 17.0 Å². The van der Waals surface area contributed by atoms with E-state index in [1.807, 2.05) is 30.3 Å². The van der Waals surface area contributed by atoms with E-state index < -0.39 is 0 Å². The van der Waals surface area contributed by atoms with E-state index >= 15 is 0 Å². The zero-order chi connectivity index (χ0) is 21.2. The van der Waals surface area contributed by atoms with Gasteiger partial charge in [0.25, 0.3) is 0 Å². The number of nitrogens with two attached hydrogens (primary N) is 1. The van der Waals surface area contributed by atoms with E-state index in [4.69, 9.17) is 15.7 Å². The van der Waals surface area contributed by atoms with Crippen molar-refractivity contribution in [1.29, 1.82) is 0 Å². The lowest BCUT2D eigenvalue weighted by molar-refractivity contribution is 0.459. The van der Waals surface area contributed by atoms with Crippen LogP contribution in [-0.4, -0.2) is 28.0 Å². The number of thiazole rings is 1. The minimum atomic E-state index is -0.261. The monoisotopic (exact) mass is 431 g/mol. The third kappa shape index (κ3) is 4.06. The molecule has 1 fully saturated rings. The highest BCUT2D eigenvalue weighted by atomic mass is 32.1. The summed E-state index contributed by atoms with van der Waals surface area (Å²) in [7, 11) is 0. The number of nitrogens with one attached hydrogen (secondary N) is 1. The van der Waals surface area contributed by atoms with Crippen LogP contribution >= 0.6 is 11.3 Å². The van der Waals surface area contributed by atoms with E-state index in [0.29, 0.717) is 17.4 Å². The molecule has 2 aromatic carbocycles. The predicted octanol–water partition coefficient (Wildman–Crippen LogP) is 5.12. The Morgan fingerprint density at radius 3 is 2.52 bits per heavy atom. The fourth-order valence-electron chi connectivity index (χ4n) is 3.87. The van der Waals surface area contributed by atoms with Crippen LogP contribution < -0.4 is 11.1 Å². The molecule has 3 N–H and O–H groups in total. The largest absolute Gasteiger partial charge is 0.398 e. The summed E-state index contributed by atoms with van der Waals surface area (Å²) >= 11 is 1.67. The summed E-state index contributed by atoms with van der Waals surface area (Å²) in [4.78, 5) is 15.3. The molecule has 0 atom stereocenters. The highest BCUT2D eigenvalue weighted by Gasteiger charge is 2.23. The van der Waals surface area contributed by atoms with E-state index in [1.165, 1.54) is 12.1 Å². The summed E-state index contributed by atoms with van der Waals surface area (Å²) in [5, 5.41) is 4.52. The maximum absolute atomic E-state index is 13.5. The number of benzene rings is 2. The average molecular weight is 432 g/mol. The molecule has 1 aliphatic rings. The molecule has 1 aliphatic heterocycles. The van der Waals surface area contributed by atoms with Crippen LogP contribution in [0.3, 0.4) is 0 Å². The Morgan fingerprint density at radius 2 is 1.74 bits per heavy atom. The summed E-state index contributed by atoms with van der Waals surface area (Å²) in [6.45, 7) is 1.99. The molecule has 31 heavy (non-hydrogen) atoms. The van der Waals surface area contributed by atoms with Crippen LogP contribution in [-0.2, 0) is 0 Å². The summed E-state index contributed by atoms with van der Waals surface area (Å²) < 4.78 is 13.5. The van der Waals surface area contributed by atoms with E-state index in [2.05, 4.69) is 10.3 Å². The van der Waals surface area contributed by atoms with Gasteiger partial charge in [0.2, 0.25) is 0 Å². The molecular formula is C24H22FN5S. The molecule has 0 bridgehead atoms. The molecule has 4 aromatic rings. The fraction of sp³-hybridized carbons (Fsp3) is 0.208. The van der Waals surface area contributed by atoms with Crippen molar-refractivity contribution in [3.63, 3.8) is 0 Å². The smallest absolute Gasteiger partial charge is 0.161 e. The lowest BCUT2D eigenvalue weighted by atomic mass is 9.99. The van der Waals surface area contributed by atoms with Crippen LogP contribution in [0, 0.1) is 5.82 Å². The van der Waals surface area contributed by atoms with Crippen LogP contribution in [0.4, 0.5) is 10.1 Å². The molecule has 5 rings (SSSR count). The highest BCUT2D eigenvalue weighted by Crippen LogP contribution is 2.40. The SMILES string of the molecule is Nc1ccccc1-c1nccc(-c2sc(C3CCNCC3)nc2-c2ccc(F)cc2)n1. The molecule has 156 valence electrons. The lowest BCUT2D eigenvalue weighted by Crippen LogP contribution is -2.26. The Morgan fingerprint density at radius 1 is 0.968 bits per heavy atom. The second-order valence-corrected chi connectivity index (χ2v) is 8.64. The van der Waals surface area contributed by atoms with Crippen molar-refractivity contribution in [1.82, 2.24) is 20.3 Å². The first-order valence-corrected chi connectivity index (χ1v) is 11.2. The van der Waals surface area contributed by atoms with E-state index in [0.717, 1.165) is 58.3 Å². The third-order valence-corrected chi connectivity index (χ3v) is 6.78. The number of hydrogen-bond acceptors (Lipinski definition) is 6. The molecule has 0 saturated carbocycles. The second kappa shape index (κ2) is 8.53. The Balaban J connectivity index is 1.62. The number of aromatic nitrogens is 3. The molecule has 1 saturated heterocycles. The molecule has 0 radical (unpaired) electrons. The van der Waals surface area contributed by atoms with Gasteiger partial charge in [0, 0.05) is 28.9 Å². The van der Waals surface area contributed by atoms with Crippen molar-refractivity contribution in [2.45, 2.75) is 18.8 Å². The molecule has 5 nitrogen and oxygen atoms in total. The molecule has 0 amide bonds. The number of nitrogen functional groups attached to an aromatic ring is 1. The van der Waals surface area contributed by atoms with Crippen LogP contribution in [0.15, 0.2) is 60.8 Å². The summed E-state index contributed by atoms with van der Waals surface area (Å²) in [6.07, 6.45) is 3.87. The maximum atomic E-state index is 13.5. The van der Waals surface area contributed by atoms with Gasteiger partial charge in [-0.2, -0.15) is 0 Å². The first-order chi connectivity index (χ1) is 15.2. The third-order valence-electron chi connectivity index (χ3n) is 5.54. The van der Waals surface area contributed by atoms with Gasteiger partial charge < -0.3 is 11.1 Å². The van der Waals surface area contributed by atoms with Crippen LogP contribution in [0.2, 0.25) is 0 Å². The van der Waals surface area contributed by atoms with Crippen molar-refractivity contribution < 1.29 is 4.39 Å². The number of halogens is 1. The van der Waals surface area contributed by atoms with Crippen LogP contribution in [0.5, 0.6) is 0 Å². The van der Waals surface area contributed by atoms with Gasteiger partial charge in [0.1, 0.15) is 5.82 Å². The van der Waals surface area contributed by atoms with E-state index in [-0.39, 0.29) is 5.82 Å². The van der Waals surface area contributed by atoms with Gasteiger partial charge in [-0.25, -0.2) is 19.3 Å². The average Bonchev–Trinajstić information content (AvgIpc) is 3.26. The number of nitrogens with zero attached hydrogens (tertiary/aromatic N) is 3. The number of anilines is 1. The van der Waals surface area contributed by atoms with Crippen molar-refractivity contribution in [3.8, 4) is 33.2 Å². The summed E-state index contributed by atoms with van der Waals surface area (Å²) in [5.41, 5.74) is 10.1. The number of para-hydroxylation sites is 1. The zero-order valence-corrected chi connectivity index (χ0v) is 17.7. The number of piperidine rings is 1. The minimum Gasteiger partial charge on any atom is -0.398 e. The molecule has 0 spiro atoms. The maximum Gasteiger partial charge on any atom is 0.161 e. The molecular weight excluding hydrogens is 409 g/mol. The Bertz CT molecular complexity index is 1200. The van der Waals surface area contributed by atoms with Gasteiger partial charge in [0.05, 0.1) is 21.3 Å². The fourth-order valence-corrected chi connectivity index (χ4v) is 5.10. The molecule has 3 heterocycles. The normalized spacial score (nSPS) is 14.6. The van der Waals surface area contributed by atoms with Crippen molar-refractivity contribution in [3.05, 3.63) is 71.6 Å². The molecule has 2 aromatic heterocycles. The lowest BCUT2D eigenvalue weighted by Gasteiger charge is -2.20. The van der Waals surface area contributed by atoms with Gasteiger partial charge >= 0.3 is 0 Å². The minimum absolute atomic E-state index is 0.261. The van der Waals surface area contributed by atoms with Crippen LogP contribution in [0.1, 0.15) is 23.8 Å². The summed E-state index contributed by atoms with van der Waals surface area (Å²) in [6, 6.07) is 16.0. The zero-order valence-electron chi connectivity index (χ0n) is 16.9. The molecule has 7 heteroatoms. The quantitative estimate of drug-likeness (QED) is 0.439. The topological polar surface area (TPSA) is 76.7 Å². The van der Waals surface area contributed by atoms with Gasteiger partial charge in [0.15, 0.2) is 5.82 Å². The standard InChI is InChI=1S/C24H22FN5S/c25-17-7-5-15(6-8-17)21-22(31-24(30-21)16-9-12-27-13-10-16)20-11-14-28-23(29-20)18-3-1-2-4-19(18)26/h1-8,11,14,16,27H,9-10,12-13,26H2. The first kappa shape index (κ1) is 19.8. The Hall–Kier alpha value is -3.16. The van der Waals surface area contributed by atoms with Gasteiger partial charge in [-0.15, -0.1) is 11.3 Å². The van der Waals surface area contributed by atoms with Crippen molar-refractivity contribution in [2.75, 3.05) is 18.8 Å². The van der Waals surface area contributed by atoms with Gasteiger partial charge in [-0.05, 0) is 68.4 Å². The van der Waals surface area contributed by atoms with E-state index in [9.17, 15) is 4.39 Å². The number of hydrogen-bond donors (Lipinski definition) is 2. The van der Waals surface area contributed by atoms with Gasteiger partial charge in [-0.1, -0.05) is 12.1 Å². The highest BCUT2D eigenvalue weighted by molar-refractivity contribution is 7.15. The van der Waals surface area contributed by atoms with Crippen molar-refractivity contribution in [2.24, 2.45) is 0 Å². The Labute approximate surface area is 184 Å². The predicted molar refractivity (Wildman–Crippen MR) is 123 cm³/mol. The summed E-state index contributed by atoms with van der Waals surface area (Å²) in [5.74, 6) is 0.741. The van der Waals surface area contributed by atoms with E-state index in [1.54, 1.807) is 29.7 Å². The molecule has 0 unspecified atom stereocenters.